The lowest BCUT2D eigenvalue weighted by Crippen LogP contribution is -2.62. The summed E-state index contributed by atoms with van der Waals surface area (Å²) in [5.74, 6) is 2.96. The van der Waals surface area contributed by atoms with Gasteiger partial charge in [0.2, 0.25) is 0 Å². The van der Waals surface area contributed by atoms with Crippen LogP contribution in [0.25, 0.3) is 11.1 Å². The van der Waals surface area contributed by atoms with E-state index in [0.717, 1.165) is 19.4 Å². The molecule has 3 nitrogen and oxygen atoms in total. The molecule has 0 amide bonds. The quantitative estimate of drug-likeness (QED) is 0.413. The average molecular weight is 505 g/mol. The Hall–Kier alpha value is -2.75. The predicted octanol–water partition coefficient (Wildman–Crippen LogP) is 6.97. The summed E-state index contributed by atoms with van der Waals surface area (Å²) in [5, 5.41) is 0. The van der Waals surface area contributed by atoms with Gasteiger partial charge in [-0.05, 0) is 90.5 Å². The molecule has 9 rings (SSSR count). The first-order valence-electron chi connectivity index (χ1n) is 14.6. The van der Waals surface area contributed by atoms with E-state index < -0.39 is 10.8 Å². The summed E-state index contributed by atoms with van der Waals surface area (Å²) in [5.41, 5.74) is 5.45. The normalized spacial score (nSPS) is 42.1. The minimum absolute atomic E-state index is 0.0689. The SMILES string of the molecule is C[C@@]12C(=O)[C@@](C)(C(c3ccccc3)=C1c1ccccc1)[C@H]1[C@@H]3[C@@H]([C@@H]4C=C[C@@H]3C(CO[C@@H]3CCCCO3)=C4)[C@H]12. The molecule has 3 heteroatoms. The van der Waals surface area contributed by atoms with Crippen LogP contribution >= 0.6 is 0 Å². The molecule has 0 aromatic heterocycles. The standard InChI is InChI=1S/C35H36O3/c1-34-29(21-11-5-3-6-12-21)30(22-13-7-4-8-14-22)35(2,33(34)36)32-28-25-17-16-23(27(28)31(32)34)19-24(25)20-38-26-15-9-10-18-37-26/h3-8,11-14,16-17,19,23,25-28,31-32H,9-10,15,18,20H2,1-2H3/t23-,25-,26-,27-,28+,31-,32+,34-,35+/m1/s1. The van der Waals surface area contributed by atoms with Crippen molar-refractivity contribution in [2.75, 3.05) is 13.2 Å². The van der Waals surface area contributed by atoms with Crippen molar-refractivity contribution in [3.63, 3.8) is 0 Å². The van der Waals surface area contributed by atoms with Crippen LogP contribution in [0, 0.1) is 46.3 Å². The molecule has 1 aliphatic heterocycles. The van der Waals surface area contributed by atoms with Crippen LogP contribution in [0.15, 0.2) is 84.5 Å². The van der Waals surface area contributed by atoms with E-state index in [9.17, 15) is 4.79 Å². The van der Waals surface area contributed by atoms with Crippen molar-refractivity contribution in [1.82, 2.24) is 0 Å². The highest BCUT2D eigenvalue weighted by atomic mass is 16.7. The third kappa shape index (κ3) is 2.79. The summed E-state index contributed by atoms with van der Waals surface area (Å²) in [6.45, 7) is 6.03. The van der Waals surface area contributed by atoms with Crippen molar-refractivity contribution >= 4 is 16.9 Å². The molecule has 0 spiro atoms. The molecule has 0 unspecified atom stereocenters. The molecule has 194 valence electrons. The average Bonchev–Trinajstić information content (AvgIpc) is 3.21. The number of benzene rings is 2. The van der Waals surface area contributed by atoms with E-state index in [1.54, 1.807) is 0 Å². The van der Waals surface area contributed by atoms with Crippen molar-refractivity contribution in [2.24, 2.45) is 46.3 Å². The van der Waals surface area contributed by atoms with E-state index in [1.165, 1.54) is 34.3 Å². The van der Waals surface area contributed by atoms with Gasteiger partial charge in [0.05, 0.1) is 17.4 Å². The molecule has 2 aromatic rings. The minimum Gasteiger partial charge on any atom is -0.353 e. The van der Waals surface area contributed by atoms with E-state index in [4.69, 9.17) is 9.47 Å². The van der Waals surface area contributed by atoms with Crippen LogP contribution in [0.2, 0.25) is 0 Å². The molecule has 6 aliphatic carbocycles. The molecular weight excluding hydrogens is 468 g/mol. The zero-order valence-corrected chi connectivity index (χ0v) is 22.3. The Balaban J connectivity index is 1.21. The van der Waals surface area contributed by atoms with Crippen molar-refractivity contribution in [3.05, 3.63) is 95.6 Å². The molecule has 1 saturated heterocycles. The third-order valence-electron chi connectivity index (χ3n) is 11.2. The van der Waals surface area contributed by atoms with Gasteiger partial charge >= 0.3 is 0 Å². The lowest BCUT2D eigenvalue weighted by Gasteiger charge is -2.65. The zero-order valence-electron chi connectivity index (χ0n) is 22.3. The maximum Gasteiger partial charge on any atom is 0.158 e. The molecule has 3 fully saturated rings. The second-order valence-electron chi connectivity index (χ2n) is 12.8. The Kier molecular flexibility index (Phi) is 4.96. The van der Waals surface area contributed by atoms with Crippen LogP contribution in [0.4, 0.5) is 0 Å². The Bertz CT molecular complexity index is 1380. The van der Waals surface area contributed by atoms with E-state index in [1.807, 2.05) is 0 Å². The molecule has 38 heavy (non-hydrogen) atoms. The largest absolute Gasteiger partial charge is 0.353 e. The summed E-state index contributed by atoms with van der Waals surface area (Å²) in [6.07, 6.45) is 10.6. The van der Waals surface area contributed by atoms with Gasteiger partial charge in [-0.1, -0.05) is 78.9 Å². The molecule has 7 aliphatic rings. The van der Waals surface area contributed by atoms with Crippen LogP contribution in [0.1, 0.15) is 44.2 Å². The minimum atomic E-state index is -0.475. The first-order chi connectivity index (χ1) is 18.5. The van der Waals surface area contributed by atoms with Crippen LogP contribution in [0.5, 0.6) is 0 Å². The van der Waals surface area contributed by atoms with Crippen molar-refractivity contribution in [1.29, 1.82) is 0 Å². The van der Waals surface area contributed by atoms with E-state index in [0.29, 0.717) is 47.9 Å². The molecule has 9 atom stereocenters. The van der Waals surface area contributed by atoms with Crippen LogP contribution in [-0.4, -0.2) is 25.3 Å². The third-order valence-corrected chi connectivity index (χ3v) is 11.2. The van der Waals surface area contributed by atoms with E-state index in [2.05, 4.69) is 92.7 Å². The number of carbonyl (C=O) groups excluding carboxylic acids is 1. The van der Waals surface area contributed by atoms with Gasteiger partial charge in [-0.15, -0.1) is 0 Å². The number of ketones is 1. The predicted molar refractivity (Wildman–Crippen MR) is 149 cm³/mol. The van der Waals surface area contributed by atoms with Gasteiger partial charge in [0.1, 0.15) is 0 Å². The first kappa shape index (κ1) is 23.2. The Morgan fingerprint density at radius 1 is 0.842 bits per heavy atom. The van der Waals surface area contributed by atoms with Crippen molar-refractivity contribution in [3.8, 4) is 0 Å². The molecule has 2 saturated carbocycles. The number of carbonyl (C=O) groups is 1. The lowest BCUT2D eigenvalue weighted by atomic mass is 9.37. The van der Waals surface area contributed by atoms with Crippen LogP contribution < -0.4 is 0 Å². The highest BCUT2D eigenvalue weighted by molar-refractivity contribution is 6.23. The van der Waals surface area contributed by atoms with Gasteiger partial charge in [0.25, 0.3) is 0 Å². The fraction of sp³-hybridized carbons (Fsp3) is 0.457. The van der Waals surface area contributed by atoms with Gasteiger partial charge < -0.3 is 9.47 Å². The lowest BCUT2D eigenvalue weighted by molar-refractivity contribution is -0.161. The second kappa shape index (κ2) is 8.13. The summed E-state index contributed by atoms with van der Waals surface area (Å²) >= 11 is 0. The number of rotatable bonds is 5. The van der Waals surface area contributed by atoms with E-state index >= 15 is 0 Å². The molecule has 4 bridgehead atoms. The Labute approximate surface area is 225 Å². The highest BCUT2D eigenvalue weighted by Gasteiger charge is 2.81. The number of hydrogen-bond acceptors (Lipinski definition) is 3. The monoisotopic (exact) mass is 504 g/mol. The van der Waals surface area contributed by atoms with Gasteiger partial charge in [-0.25, -0.2) is 0 Å². The molecule has 1 heterocycles. The maximum absolute atomic E-state index is 14.7. The highest BCUT2D eigenvalue weighted by Crippen LogP contribution is 2.82. The van der Waals surface area contributed by atoms with Crippen molar-refractivity contribution in [2.45, 2.75) is 39.4 Å². The van der Waals surface area contributed by atoms with Gasteiger partial charge in [-0.3, -0.25) is 4.79 Å². The van der Waals surface area contributed by atoms with E-state index in [-0.39, 0.29) is 6.29 Å². The number of hydrogen-bond donors (Lipinski definition) is 0. The summed E-state index contributed by atoms with van der Waals surface area (Å²) in [6, 6.07) is 21.5. The Morgan fingerprint density at radius 3 is 2.08 bits per heavy atom. The molecule has 0 N–H and O–H groups in total. The Morgan fingerprint density at radius 2 is 1.47 bits per heavy atom. The summed E-state index contributed by atoms with van der Waals surface area (Å²) in [4.78, 5) is 14.7. The van der Waals surface area contributed by atoms with Gasteiger partial charge in [0, 0.05) is 12.5 Å². The number of allylic oxidation sites excluding steroid dienone is 5. The topological polar surface area (TPSA) is 35.5 Å². The fourth-order valence-corrected chi connectivity index (χ4v) is 9.86. The van der Waals surface area contributed by atoms with Crippen LogP contribution in [0.3, 0.4) is 0 Å². The first-order valence-corrected chi connectivity index (χ1v) is 14.6. The molecule has 0 radical (unpaired) electrons. The number of Topliss-reactive ketones (excluding diaryl/α,β-unsaturated/α-hetero) is 1. The maximum atomic E-state index is 14.7. The smallest absolute Gasteiger partial charge is 0.158 e. The van der Waals surface area contributed by atoms with Gasteiger partial charge in [0.15, 0.2) is 12.1 Å². The van der Waals surface area contributed by atoms with Crippen LogP contribution in [-0.2, 0) is 14.3 Å². The summed E-state index contributed by atoms with van der Waals surface area (Å²) < 4.78 is 12.1. The molecule has 2 aromatic carbocycles. The van der Waals surface area contributed by atoms with Gasteiger partial charge in [-0.2, -0.15) is 0 Å². The number of ether oxygens (including phenoxy) is 2. The summed E-state index contributed by atoms with van der Waals surface area (Å²) in [7, 11) is 0. The molecular formula is C35H36O3. The fourth-order valence-electron chi connectivity index (χ4n) is 9.86. The van der Waals surface area contributed by atoms with Crippen molar-refractivity contribution < 1.29 is 14.3 Å². The zero-order chi connectivity index (χ0) is 25.6. The number of fused-ring (bicyclic) bond motifs is 5. The second-order valence-corrected chi connectivity index (χ2v) is 12.8.